The molecule has 0 atom stereocenters. The third-order valence-corrected chi connectivity index (χ3v) is 2.11. The van der Waals surface area contributed by atoms with E-state index in [4.69, 9.17) is 19.8 Å². The first-order valence-corrected chi connectivity index (χ1v) is 5.10. The Hall–Kier alpha value is -2.22. The van der Waals surface area contributed by atoms with Gasteiger partial charge in [-0.1, -0.05) is 0 Å². The first-order chi connectivity index (χ1) is 8.19. The van der Waals surface area contributed by atoms with Crippen LogP contribution < -0.4 is 9.47 Å². The van der Waals surface area contributed by atoms with E-state index in [2.05, 4.69) is 0 Å². The molecule has 0 fully saturated rings. The molecule has 0 aliphatic rings. The van der Waals surface area contributed by atoms with Crippen molar-refractivity contribution in [2.45, 2.75) is 12.8 Å². The molecule has 1 rings (SSSR count). The van der Waals surface area contributed by atoms with Gasteiger partial charge in [-0.05, 0) is 18.6 Å². The van der Waals surface area contributed by atoms with E-state index >= 15 is 0 Å². The third-order valence-electron chi connectivity index (χ3n) is 2.11. The second-order valence-electron chi connectivity index (χ2n) is 3.28. The van der Waals surface area contributed by atoms with Gasteiger partial charge >= 0.3 is 5.97 Å². The highest BCUT2D eigenvalue weighted by Gasteiger charge is 2.12. The predicted octanol–water partition coefficient (Wildman–Crippen LogP) is 2.08. The zero-order valence-corrected chi connectivity index (χ0v) is 9.47. The highest BCUT2D eigenvalue weighted by Crippen LogP contribution is 2.25. The Morgan fingerprint density at radius 3 is 2.88 bits per heavy atom. The predicted molar refractivity (Wildman–Crippen MR) is 60.3 cm³/mol. The summed E-state index contributed by atoms with van der Waals surface area (Å²) in [4.78, 5) is 10.9. The van der Waals surface area contributed by atoms with Crippen molar-refractivity contribution in [1.29, 1.82) is 5.26 Å². The topological polar surface area (TPSA) is 79.6 Å². The number of hydrogen-bond donors (Lipinski definition) is 1. The van der Waals surface area contributed by atoms with Crippen LogP contribution in [0.15, 0.2) is 18.2 Å². The fraction of sp³-hybridized carbons (Fsp3) is 0.333. The summed E-state index contributed by atoms with van der Waals surface area (Å²) >= 11 is 0. The van der Waals surface area contributed by atoms with Crippen LogP contribution >= 0.6 is 0 Å². The maximum atomic E-state index is 10.9. The van der Waals surface area contributed by atoms with Gasteiger partial charge in [0.2, 0.25) is 0 Å². The van der Waals surface area contributed by atoms with E-state index in [1.807, 2.05) is 6.07 Å². The summed E-state index contributed by atoms with van der Waals surface area (Å²) in [5, 5.41) is 17.3. The third kappa shape index (κ3) is 3.68. The molecular weight excluding hydrogens is 222 g/mol. The number of carboxylic acid groups (broad SMARTS) is 1. The van der Waals surface area contributed by atoms with Gasteiger partial charge in [0.1, 0.15) is 17.1 Å². The summed E-state index contributed by atoms with van der Waals surface area (Å²) in [6.45, 7) is 0.307. The van der Waals surface area contributed by atoms with Crippen molar-refractivity contribution in [2.24, 2.45) is 0 Å². The molecule has 0 heterocycles. The molecule has 0 radical (unpaired) electrons. The van der Waals surface area contributed by atoms with E-state index in [1.54, 1.807) is 6.07 Å². The Balaban J connectivity index is 2.79. The average molecular weight is 235 g/mol. The fourth-order valence-electron chi connectivity index (χ4n) is 1.26. The first-order valence-electron chi connectivity index (χ1n) is 5.10. The van der Waals surface area contributed by atoms with Gasteiger partial charge in [-0.15, -0.1) is 0 Å². The molecule has 0 saturated heterocycles. The van der Waals surface area contributed by atoms with E-state index in [0.717, 1.165) is 0 Å². The smallest absolute Gasteiger partial charge is 0.339 e. The number of methoxy groups -OCH3 is 1. The molecule has 0 aliphatic heterocycles. The van der Waals surface area contributed by atoms with Crippen LogP contribution in [0.3, 0.4) is 0 Å². The molecule has 0 spiro atoms. The zero-order chi connectivity index (χ0) is 12.7. The van der Waals surface area contributed by atoms with Crippen molar-refractivity contribution in [3.05, 3.63) is 23.8 Å². The van der Waals surface area contributed by atoms with Crippen molar-refractivity contribution < 1.29 is 19.4 Å². The molecule has 0 unspecified atom stereocenters. The molecule has 5 heteroatoms. The number of rotatable bonds is 6. The number of aromatic carboxylic acids is 1. The van der Waals surface area contributed by atoms with Crippen molar-refractivity contribution >= 4 is 5.97 Å². The number of unbranched alkanes of at least 4 members (excludes halogenated alkanes) is 1. The largest absolute Gasteiger partial charge is 0.497 e. The van der Waals surface area contributed by atoms with E-state index in [9.17, 15) is 4.79 Å². The molecule has 0 amide bonds. The van der Waals surface area contributed by atoms with Gasteiger partial charge in [0.25, 0.3) is 0 Å². The average Bonchev–Trinajstić information content (AvgIpc) is 2.34. The summed E-state index contributed by atoms with van der Waals surface area (Å²) in [7, 11) is 1.50. The second kappa shape index (κ2) is 6.38. The SMILES string of the molecule is COc1ccc(C(=O)O)c(OCCCC#N)c1. The molecule has 0 bridgehead atoms. The first kappa shape index (κ1) is 12.8. The summed E-state index contributed by atoms with van der Waals surface area (Å²) in [6.07, 6.45) is 0.944. The van der Waals surface area contributed by atoms with Crippen LogP contribution in [0, 0.1) is 11.3 Å². The molecule has 17 heavy (non-hydrogen) atoms. The van der Waals surface area contributed by atoms with Crippen LogP contribution in [0.5, 0.6) is 11.5 Å². The number of carbonyl (C=O) groups is 1. The van der Waals surface area contributed by atoms with Crippen molar-refractivity contribution in [1.82, 2.24) is 0 Å². The lowest BCUT2D eigenvalue weighted by Crippen LogP contribution is -2.04. The van der Waals surface area contributed by atoms with Gasteiger partial charge in [0.15, 0.2) is 0 Å². The van der Waals surface area contributed by atoms with Crippen molar-refractivity contribution in [3.63, 3.8) is 0 Å². The highest BCUT2D eigenvalue weighted by molar-refractivity contribution is 5.91. The Bertz CT molecular complexity index is 437. The minimum absolute atomic E-state index is 0.0859. The molecular formula is C12H13NO4. The number of carboxylic acids is 1. The molecule has 0 aromatic heterocycles. The summed E-state index contributed by atoms with van der Waals surface area (Å²) in [5.41, 5.74) is 0.0859. The van der Waals surface area contributed by atoms with Crippen LogP contribution in [0.4, 0.5) is 0 Å². The number of benzene rings is 1. The Kier molecular flexibility index (Phi) is 4.82. The van der Waals surface area contributed by atoms with Crippen LogP contribution in [0.1, 0.15) is 23.2 Å². The summed E-state index contributed by atoms with van der Waals surface area (Å²) in [6, 6.07) is 6.51. The van der Waals surface area contributed by atoms with Crippen LogP contribution in [-0.4, -0.2) is 24.8 Å². The van der Waals surface area contributed by atoms with E-state index < -0.39 is 5.97 Å². The maximum Gasteiger partial charge on any atom is 0.339 e. The van der Waals surface area contributed by atoms with Crippen LogP contribution in [0.2, 0.25) is 0 Å². The lowest BCUT2D eigenvalue weighted by Gasteiger charge is -2.09. The molecule has 1 aromatic carbocycles. The molecule has 0 saturated carbocycles. The van der Waals surface area contributed by atoms with Crippen LogP contribution in [0.25, 0.3) is 0 Å². The molecule has 1 N–H and O–H groups in total. The number of ether oxygens (including phenoxy) is 2. The number of nitrogens with zero attached hydrogens (tertiary/aromatic N) is 1. The monoisotopic (exact) mass is 235 g/mol. The van der Waals surface area contributed by atoms with E-state index in [-0.39, 0.29) is 11.3 Å². The van der Waals surface area contributed by atoms with Crippen molar-refractivity contribution in [3.8, 4) is 17.6 Å². The second-order valence-corrected chi connectivity index (χ2v) is 3.28. The standard InChI is InChI=1S/C12H13NO4/c1-16-9-4-5-10(12(14)15)11(8-9)17-7-3-2-6-13/h4-5,8H,2-3,7H2,1H3,(H,14,15). The van der Waals surface area contributed by atoms with Gasteiger partial charge in [0, 0.05) is 12.5 Å². The van der Waals surface area contributed by atoms with Crippen molar-refractivity contribution in [2.75, 3.05) is 13.7 Å². The zero-order valence-electron chi connectivity index (χ0n) is 9.47. The maximum absolute atomic E-state index is 10.9. The number of hydrogen-bond acceptors (Lipinski definition) is 4. The van der Waals surface area contributed by atoms with E-state index in [0.29, 0.717) is 25.2 Å². The lowest BCUT2D eigenvalue weighted by molar-refractivity contribution is 0.0692. The van der Waals surface area contributed by atoms with Gasteiger partial charge in [0.05, 0.1) is 19.8 Å². The Morgan fingerprint density at radius 2 is 2.29 bits per heavy atom. The lowest BCUT2D eigenvalue weighted by atomic mass is 10.2. The van der Waals surface area contributed by atoms with Gasteiger partial charge in [-0.2, -0.15) is 5.26 Å². The Morgan fingerprint density at radius 1 is 1.53 bits per heavy atom. The normalized spacial score (nSPS) is 9.41. The quantitative estimate of drug-likeness (QED) is 0.763. The fourth-order valence-corrected chi connectivity index (χ4v) is 1.26. The minimum atomic E-state index is -1.05. The minimum Gasteiger partial charge on any atom is -0.497 e. The van der Waals surface area contributed by atoms with Crippen LogP contribution in [-0.2, 0) is 0 Å². The van der Waals surface area contributed by atoms with Gasteiger partial charge in [-0.3, -0.25) is 0 Å². The van der Waals surface area contributed by atoms with Gasteiger partial charge in [-0.25, -0.2) is 4.79 Å². The Labute approximate surface area is 99.2 Å². The highest BCUT2D eigenvalue weighted by atomic mass is 16.5. The van der Waals surface area contributed by atoms with E-state index in [1.165, 1.54) is 19.2 Å². The number of nitriles is 1. The molecule has 5 nitrogen and oxygen atoms in total. The molecule has 1 aromatic rings. The summed E-state index contributed by atoms with van der Waals surface area (Å²) < 4.78 is 10.3. The summed E-state index contributed by atoms with van der Waals surface area (Å²) in [5.74, 6) is -0.261. The van der Waals surface area contributed by atoms with Gasteiger partial charge < -0.3 is 14.6 Å². The molecule has 90 valence electrons. The molecule has 0 aliphatic carbocycles.